The van der Waals surface area contributed by atoms with E-state index in [4.69, 9.17) is 10.2 Å². The van der Waals surface area contributed by atoms with Gasteiger partial charge in [-0.15, -0.1) is 0 Å². The fraction of sp³-hybridized carbons (Fsp3) is 0.227. The lowest BCUT2D eigenvalue weighted by molar-refractivity contribution is -0.124. The predicted molar refractivity (Wildman–Crippen MR) is 110 cm³/mol. The smallest absolute Gasteiger partial charge is 0.267 e. The normalized spacial score (nSPS) is 11.3. The minimum Gasteiger partial charge on any atom is -0.288 e. The summed E-state index contributed by atoms with van der Waals surface area (Å²) in [7, 11) is 0. The highest BCUT2D eigenvalue weighted by molar-refractivity contribution is 5.92. The SMILES string of the molecule is CCc1nc2cc(C)c(/C=C/C(=O)NO)cc2c(=O)n1-c1c(C)cccc1C. The van der Waals surface area contributed by atoms with Gasteiger partial charge in [-0.25, -0.2) is 10.5 Å². The minimum atomic E-state index is -0.633. The van der Waals surface area contributed by atoms with Crippen LogP contribution < -0.4 is 11.0 Å². The van der Waals surface area contributed by atoms with Crippen LogP contribution in [0.4, 0.5) is 0 Å². The minimum absolute atomic E-state index is 0.138. The van der Waals surface area contributed by atoms with Crippen LogP contribution >= 0.6 is 0 Å². The standard InChI is InChI=1S/C22H23N3O3/c1-5-19-23-18-11-15(4)16(9-10-20(26)24-28)12-17(18)22(27)25(19)21-13(2)7-6-8-14(21)3/h6-12,28H,5H2,1-4H3,(H,24,26)/b10-9+. The number of rotatable bonds is 4. The van der Waals surface area contributed by atoms with Gasteiger partial charge in [0.2, 0.25) is 0 Å². The molecule has 1 aromatic heterocycles. The second-order valence-electron chi connectivity index (χ2n) is 6.80. The molecule has 0 aliphatic rings. The van der Waals surface area contributed by atoms with E-state index >= 15 is 0 Å². The fourth-order valence-corrected chi connectivity index (χ4v) is 3.41. The second kappa shape index (κ2) is 7.78. The van der Waals surface area contributed by atoms with Crippen LogP contribution in [0.5, 0.6) is 0 Å². The van der Waals surface area contributed by atoms with Gasteiger partial charge in [0.25, 0.3) is 11.5 Å². The van der Waals surface area contributed by atoms with E-state index < -0.39 is 5.91 Å². The van der Waals surface area contributed by atoms with Crippen molar-refractivity contribution in [2.24, 2.45) is 0 Å². The molecule has 0 saturated heterocycles. The Labute approximate surface area is 163 Å². The summed E-state index contributed by atoms with van der Waals surface area (Å²) in [5.41, 5.74) is 6.51. The van der Waals surface area contributed by atoms with Crippen LogP contribution in [-0.4, -0.2) is 20.7 Å². The fourth-order valence-electron chi connectivity index (χ4n) is 3.41. The van der Waals surface area contributed by atoms with Crippen molar-refractivity contribution in [1.29, 1.82) is 0 Å². The molecule has 0 saturated carbocycles. The Bertz CT molecular complexity index is 1140. The van der Waals surface area contributed by atoms with E-state index in [1.807, 2.05) is 52.0 Å². The molecule has 1 amide bonds. The van der Waals surface area contributed by atoms with Crippen LogP contribution in [-0.2, 0) is 11.2 Å². The summed E-state index contributed by atoms with van der Waals surface area (Å²) in [5.74, 6) is 0.0733. The summed E-state index contributed by atoms with van der Waals surface area (Å²) in [6, 6.07) is 9.52. The maximum absolute atomic E-state index is 13.5. The number of carbonyl (C=O) groups is 1. The molecule has 0 bridgehead atoms. The first-order chi connectivity index (χ1) is 13.4. The summed E-state index contributed by atoms with van der Waals surface area (Å²) in [4.78, 5) is 29.5. The number of aromatic nitrogens is 2. The Morgan fingerprint density at radius 2 is 1.86 bits per heavy atom. The summed E-state index contributed by atoms with van der Waals surface area (Å²) in [6.07, 6.45) is 3.40. The number of hydroxylamine groups is 1. The first kappa shape index (κ1) is 19.5. The van der Waals surface area contributed by atoms with Crippen LogP contribution in [0.2, 0.25) is 0 Å². The molecule has 0 aliphatic heterocycles. The van der Waals surface area contributed by atoms with E-state index in [9.17, 15) is 9.59 Å². The Morgan fingerprint density at radius 1 is 1.18 bits per heavy atom. The summed E-state index contributed by atoms with van der Waals surface area (Å²) >= 11 is 0. The first-order valence-corrected chi connectivity index (χ1v) is 9.12. The van der Waals surface area contributed by atoms with Gasteiger partial charge in [-0.1, -0.05) is 25.1 Å². The van der Waals surface area contributed by atoms with Crippen molar-refractivity contribution in [3.63, 3.8) is 0 Å². The van der Waals surface area contributed by atoms with E-state index in [0.717, 1.165) is 22.4 Å². The third-order valence-corrected chi connectivity index (χ3v) is 4.83. The maximum Gasteiger partial charge on any atom is 0.267 e. The maximum atomic E-state index is 13.5. The molecule has 0 atom stereocenters. The molecule has 144 valence electrons. The van der Waals surface area contributed by atoms with Gasteiger partial charge in [-0.3, -0.25) is 19.4 Å². The zero-order chi connectivity index (χ0) is 20.4. The van der Waals surface area contributed by atoms with Gasteiger partial charge in [0.1, 0.15) is 5.82 Å². The number of para-hydroxylation sites is 1. The van der Waals surface area contributed by atoms with Gasteiger partial charge in [0, 0.05) is 12.5 Å². The third kappa shape index (κ3) is 3.46. The number of hydrogen-bond donors (Lipinski definition) is 2. The second-order valence-corrected chi connectivity index (χ2v) is 6.80. The van der Waals surface area contributed by atoms with E-state index in [1.165, 1.54) is 6.08 Å². The van der Waals surface area contributed by atoms with Gasteiger partial charge in [-0.05, 0) is 61.2 Å². The molecule has 0 unspecified atom stereocenters. The van der Waals surface area contributed by atoms with Gasteiger partial charge in [0.15, 0.2) is 0 Å². The topological polar surface area (TPSA) is 84.2 Å². The Kier molecular flexibility index (Phi) is 5.42. The highest BCUT2D eigenvalue weighted by atomic mass is 16.5. The molecule has 0 fully saturated rings. The number of benzene rings is 2. The number of aryl methyl sites for hydroxylation is 4. The molecular formula is C22H23N3O3. The molecule has 2 N–H and O–H groups in total. The monoisotopic (exact) mass is 377 g/mol. The zero-order valence-corrected chi connectivity index (χ0v) is 16.4. The Hall–Kier alpha value is -3.25. The van der Waals surface area contributed by atoms with Crippen molar-refractivity contribution in [3.8, 4) is 5.69 Å². The molecule has 2 aromatic carbocycles. The molecule has 6 nitrogen and oxygen atoms in total. The lowest BCUT2D eigenvalue weighted by Crippen LogP contribution is -2.25. The lowest BCUT2D eigenvalue weighted by atomic mass is 10.0. The van der Waals surface area contributed by atoms with Gasteiger partial charge >= 0.3 is 0 Å². The molecule has 1 heterocycles. The van der Waals surface area contributed by atoms with Crippen molar-refractivity contribution in [2.45, 2.75) is 34.1 Å². The molecule has 0 radical (unpaired) electrons. The number of nitrogens with zero attached hydrogens (tertiary/aromatic N) is 2. The first-order valence-electron chi connectivity index (χ1n) is 9.12. The van der Waals surface area contributed by atoms with Crippen LogP contribution in [0.25, 0.3) is 22.7 Å². The molecule has 3 rings (SSSR count). The van der Waals surface area contributed by atoms with Crippen LogP contribution in [0, 0.1) is 20.8 Å². The van der Waals surface area contributed by atoms with Gasteiger partial charge in [-0.2, -0.15) is 0 Å². The number of carbonyl (C=O) groups excluding carboxylic acids is 1. The van der Waals surface area contributed by atoms with Crippen molar-refractivity contribution in [3.05, 3.63) is 74.8 Å². The molecule has 0 aliphatic carbocycles. The third-order valence-electron chi connectivity index (χ3n) is 4.83. The summed E-state index contributed by atoms with van der Waals surface area (Å²) < 4.78 is 1.69. The quantitative estimate of drug-likeness (QED) is 0.415. The molecule has 28 heavy (non-hydrogen) atoms. The highest BCUT2D eigenvalue weighted by Crippen LogP contribution is 2.22. The van der Waals surface area contributed by atoms with Crippen molar-refractivity contribution in [1.82, 2.24) is 15.0 Å². The van der Waals surface area contributed by atoms with Crippen LogP contribution in [0.15, 0.2) is 41.2 Å². The average molecular weight is 377 g/mol. The van der Waals surface area contributed by atoms with Crippen LogP contribution in [0.3, 0.4) is 0 Å². The molecular weight excluding hydrogens is 354 g/mol. The Balaban J connectivity index is 2.33. The number of amides is 1. The van der Waals surface area contributed by atoms with Crippen LogP contribution in [0.1, 0.15) is 35.0 Å². The predicted octanol–water partition coefficient (Wildman–Crippen LogP) is 3.39. The lowest BCUT2D eigenvalue weighted by Gasteiger charge is -2.17. The summed E-state index contributed by atoms with van der Waals surface area (Å²) in [5, 5.41) is 9.14. The van der Waals surface area contributed by atoms with E-state index in [-0.39, 0.29) is 5.56 Å². The van der Waals surface area contributed by atoms with Crippen molar-refractivity contribution in [2.75, 3.05) is 0 Å². The largest absolute Gasteiger partial charge is 0.288 e. The van der Waals surface area contributed by atoms with E-state index in [1.54, 1.807) is 22.2 Å². The molecule has 6 heteroatoms. The molecule has 3 aromatic rings. The average Bonchev–Trinajstić information content (AvgIpc) is 2.67. The van der Waals surface area contributed by atoms with Gasteiger partial charge in [0.05, 0.1) is 16.6 Å². The van der Waals surface area contributed by atoms with Crippen molar-refractivity contribution >= 4 is 22.9 Å². The van der Waals surface area contributed by atoms with Gasteiger partial charge < -0.3 is 0 Å². The number of hydrogen-bond acceptors (Lipinski definition) is 4. The van der Waals surface area contributed by atoms with E-state index in [0.29, 0.717) is 28.7 Å². The number of nitrogens with one attached hydrogen (secondary N) is 1. The Morgan fingerprint density at radius 3 is 2.46 bits per heavy atom. The highest BCUT2D eigenvalue weighted by Gasteiger charge is 2.16. The zero-order valence-electron chi connectivity index (χ0n) is 16.4. The molecule has 0 spiro atoms. The number of fused-ring (bicyclic) bond motifs is 1. The summed E-state index contributed by atoms with van der Waals surface area (Å²) in [6.45, 7) is 7.83. The van der Waals surface area contributed by atoms with Crippen molar-refractivity contribution < 1.29 is 10.0 Å². The van der Waals surface area contributed by atoms with E-state index in [2.05, 4.69) is 0 Å².